The predicted octanol–water partition coefficient (Wildman–Crippen LogP) is -0.960. The van der Waals surface area contributed by atoms with Crippen LogP contribution < -0.4 is 9.44 Å². The predicted molar refractivity (Wildman–Crippen MR) is 49.3 cm³/mol. The van der Waals surface area contributed by atoms with Gasteiger partial charge in [-0.2, -0.15) is 13.1 Å². The first kappa shape index (κ1) is 13.7. The number of nitrogens with one attached hydrogen (secondary N) is 2. The molecule has 0 rings (SSSR count). The monoisotopic (exact) mass is 240 g/mol. The number of hydrogen-bond acceptors (Lipinski definition) is 5. The number of carboxylic acids is 1. The number of ether oxygens (including phenoxy) is 1. The molecule has 0 unspecified atom stereocenters. The lowest BCUT2D eigenvalue weighted by Gasteiger charge is -2.10. The molecule has 3 N–H and O–H groups in total. The van der Waals surface area contributed by atoms with E-state index in [-0.39, 0.29) is 6.61 Å². The maximum Gasteiger partial charge on any atom is 0.421 e. The number of amides is 1. The minimum Gasteiger partial charge on any atom is -0.480 e. The van der Waals surface area contributed by atoms with Crippen molar-refractivity contribution in [1.29, 1.82) is 0 Å². The van der Waals surface area contributed by atoms with Crippen molar-refractivity contribution in [2.75, 3.05) is 6.61 Å². The Labute approximate surface area is 86.8 Å². The molecule has 88 valence electrons. The van der Waals surface area contributed by atoms with E-state index >= 15 is 0 Å². The van der Waals surface area contributed by atoms with Crippen LogP contribution in [0.1, 0.15) is 13.8 Å². The van der Waals surface area contributed by atoms with Crippen LogP contribution in [-0.4, -0.2) is 38.2 Å². The van der Waals surface area contributed by atoms with Gasteiger partial charge >= 0.3 is 22.3 Å². The van der Waals surface area contributed by atoms with Crippen LogP contribution in [0.5, 0.6) is 0 Å². The molecule has 0 aromatic carbocycles. The molecule has 0 aromatic rings. The molecule has 0 heterocycles. The smallest absolute Gasteiger partial charge is 0.421 e. The van der Waals surface area contributed by atoms with E-state index in [1.54, 1.807) is 4.72 Å². The summed E-state index contributed by atoms with van der Waals surface area (Å²) < 4.78 is 29.6. The van der Waals surface area contributed by atoms with Gasteiger partial charge in [0.15, 0.2) is 0 Å². The molecule has 0 bridgehead atoms. The summed E-state index contributed by atoms with van der Waals surface area (Å²) in [6, 6.07) is -1.34. The second-order valence-electron chi connectivity index (χ2n) is 2.50. The number of carbonyl (C=O) groups excluding carboxylic acids is 1. The third-order valence-corrected chi connectivity index (χ3v) is 2.29. The third-order valence-electron chi connectivity index (χ3n) is 1.20. The highest BCUT2D eigenvalue weighted by atomic mass is 32.2. The Kier molecular flexibility index (Phi) is 5.02. The lowest BCUT2D eigenvalue weighted by molar-refractivity contribution is -0.138. The van der Waals surface area contributed by atoms with E-state index in [1.807, 2.05) is 0 Å². The molecule has 0 spiro atoms. The van der Waals surface area contributed by atoms with Gasteiger partial charge in [0.05, 0.1) is 6.61 Å². The fourth-order valence-electron chi connectivity index (χ4n) is 0.583. The van der Waals surface area contributed by atoms with E-state index in [1.165, 1.54) is 11.6 Å². The Hall–Kier alpha value is -1.35. The summed E-state index contributed by atoms with van der Waals surface area (Å²) in [5, 5.41) is 8.41. The van der Waals surface area contributed by atoms with Gasteiger partial charge in [-0.15, -0.1) is 0 Å². The van der Waals surface area contributed by atoms with E-state index in [0.29, 0.717) is 0 Å². The van der Waals surface area contributed by atoms with Gasteiger partial charge in [0.25, 0.3) is 0 Å². The van der Waals surface area contributed by atoms with Gasteiger partial charge in [-0.25, -0.2) is 9.52 Å². The van der Waals surface area contributed by atoms with Crippen LogP contribution in [0.4, 0.5) is 4.79 Å². The fraction of sp³-hybridized carbons (Fsp3) is 0.667. The molecular weight excluding hydrogens is 228 g/mol. The first-order valence-electron chi connectivity index (χ1n) is 3.98. The van der Waals surface area contributed by atoms with Crippen LogP contribution in [0.2, 0.25) is 0 Å². The molecule has 8 nitrogen and oxygen atoms in total. The van der Waals surface area contributed by atoms with Crippen molar-refractivity contribution >= 4 is 22.3 Å². The van der Waals surface area contributed by atoms with Crippen LogP contribution in [-0.2, 0) is 19.7 Å². The molecule has 0 aliphatic heterocycles. The molecule has 9 heteroatoms. The van der Waals surface area contributed by atoms with Crippen LogP contribution >= 0.6 is 0 Å². The Morgan fingerprint density at radius 2 is 2.00 bits per heavy atom. The zero-order chi connectivity index (χ0) is 12.1. The van der Waals surface area contributed by atoms with Crippen LogP contribution in [0.15, 0.2) is 0 Å². The largest absolute Gasteiger partial charge is 0.480 e. The highest BCUT2D eigenvalue weighted by Gasteiger charge is 2.21. The molecule has 0 aromatic heterocycles. The fourth-order valence-corrected chi connectivity index (χ4v) is 1.49. The van der Waals surface area contributed by atoms with Crippen molar-refractivity contribution in [2.45, 2.75) is 19.9 Å². The van der Waals surface area contributed by atoms with E-state index in [2.05, 4.69) is 4.74 Å². The van der Waals surface area contributed by atoms with Crippen molar-refractivity contribution < 1.29 is 27.9 Å². The highest BCUT2D eigenvalue weighted by molar-refractivity contribution is 7.88. The summed E-state index contributed by atoms with van der Waals surface area (Å²) in [6.45, 7) is 2.63. The molecule has 15 heavy (non-hydrogen) atoms. The van der Waals surface area contributed by atoms with Crippen molar-refractivity contribution in [2.24, 2.45) is 0 Å². The SMILES string of the molecule is CCOC(=O)NS(=O)(=O)N[C@H](C)C(=O)O. The summed E-state index contributed by atoms with van der Waals surface area (Å²) >= 11 is 0. The lowest BCUT2D eigenvalue weighted by atomic mass is 10.4. The van der Waals surface area contributed by atoms with Crippen molar-refractivity contribution in [1.82, 2.24) is 9.44 Å². The highest BCUT2D eigenvalue weighted by Crippen LogP contribution is 1.87. The third kappa shape index (κ3) is 5.86. The molecule has 0 saturated heterocycles. The molecule has 0 saturated carbocycles. The molecule has 0 aliphatic carbocycles. The van der Waals surface area contributed by atoms with Crippen LogP contribution in [0, 0.1) is 0 Å². The van der Waals surface area contributed by atoms with Gasteiger partial charge in [0, 0.05) is 0 Å². The zero-order valence-corrected chi connectivity index (χ0v) is 9.00. The normalized spacial score (nSPS) is 12.9. The van der Waals surface area contributed by atoms with Gasteiger partial charge < -0.3 is 9.84 Å². The van der Waals surface area contributed by atoms with Crippen molar-refractivity contribution in [3.05, 3.63) is 0 Å². The quantitative estimate of drug-likeness (QED) is 0.569. The number of carbonyl (C=O) groups is 2. The number of rotatable bonds is 5. The minimum atomic E-state index is -4.20. The second-order valence-corrected chi connectivity index (χ2v) is 3.95. The standard InChI is InChI=1S/C6H12N2O6S/c1-3-14-6(11)8-15(12,13)7-4(2)5(9)10/h4,7H,3H2,1-2H3,(H,8,11)(H,9,10)/t4-/m1/s1. The van der Waals surface area contributed by atoms with Gasteiger partial charge in [-0.05, 0) is 13.8 Å². The number of aliphatic carboxylic acids is 1. The van der Waals surface area contributed by atoms with Gasteiger partial charge in [0.2, 0.25) is 0 Å². The molecular formula is C6H12N2O6S. The van der Waals surface area contributed by atoms with E-state index < -0.39 is 28.3 Å². The lowest BCUT2D eigenvalue weighted by Crippen LogP contribution is -2.46. The summed E-state index contributed by atoms with van der Waals surface area (Å²) in [6.07, 6.45) is -1.16. The number of hydrogen-bond donors (Lipinski definition) is 3. The van der Waals surface area contributed by atoms with Gasteiger partial charge in [-0.1, -0.05) is 0 Å². The Morgan fingerprint density at radius 3 is 2.40 bits per heavy atom. The summed E-state index contributed by atoms with van der Waals surface area (Å²) in [5.74, 6) is -1.36. The maximum atomic E-state index is 11.0. The first-order chi connectivity index (χ1) is 6.78. The number of carboxylic acid groups (broad SMARTS) is 1. The summed E-state index contributed by atoms with van der Waals surface area (Å²) in [5.41, 5.74) is 0. The van der Waals surface area contributed by atoms with Crippen LogP contribution in [0.3, 0.4) is 0 Å². The van der Waals surface area contributed by atoms with Crippen molar-refractivity contribution in [3.8, 4) is 0 Å². The van der Waals surface area contributed by atoms with Gasteiger partial charge in [0.1, 0.15) is 6.04 Å². The van der Waals surface area contributed by atoms with Crippen molar-refractivity contribution in [3.63, 3.8) is 0 Å². The maximum absolute atomic E-state index is 11.0. The summed E-state index contributed by atoms with van der Waals surface area (Å²) in [7, 11) is -4.20. The molecule has 0 aliphatic rings. The second kappa shape index (κ2) is 5.51. The Bertz CT molecular complexity index is 338. The minimum absolute atomic E-state index is 0.00976. The van der Waals surface area contributed by atoms with Crippen LogP contribution in [0.25, 0.3) is 0 Å². The zero-order valence-electron chi connectivity index (χ0n) is 8.18. The molecule has 1 atom stereocenters. The van der Waals surface area contributed by atoms with E-state index in [9.17, 15) is 18.0 Å². The average Bonchev–Trinajstić information content (AvgIpc) is 2.01. The topological polar surface area (TPSA) is 122 Å². The molecule has 1 amide bonds. The molecule has 0 radical (unpaired) electrons. The first-order valence-corrected chi connectivity index (χ1v) is 5.46. The summed E-state index contributed by atoms with van der Waals surface area (Å²) in [4.78, 5) is 21.0. The molecule has 0 fully saturated rings. The van der Waals surface area contributed by atoms with Gasteiger partial charge in [-0.3, -0.25) is 4.79 Å². The van der Waals surface area contributed by atoms with E-state index in [4.69, 9.17) is 5.11 Å². The average molecular weight is 240 g/mol. The van der Waals surface area contributed by atoms with E-state index in [0.717, 1.165) is 6.92 Å². The Morgan fingerprint density at radius 1 is 1.47 bits per heavy atom. The Balaban J connectivity index is 4.32.